The van der Waals surface area contributed by atoms with Crippen molar-refractivity contribution in [2.24, 2.45) is 5.73 Å². The molecule has 0 aliphatic heterocycles. The number of nitrogens with one attached hydrogen (secondary N) is 2. The van der Waals surface area contributed by atoms with Gasteiger partial charge in [0.25, 0.3) is 0 Å². The maximum atomic E-state index is 11.6. The average Bonchev–Trinajstić information content (AvgIpc) is 2.51. The van der Waals surface area contributed by atoms with Gasteiger partial charge in [0.2, 0.25) is 11.8 Å². The van der Waals surface area contributed by atoms with Crippen LogP contribution in [-0.4, -0.2) is 53.7 Å². The molecule has 6 N–H and O–H groups in total. The van der Waals surface area contributed by atoms with Crippen LogP contribution in [0, 0.1) is 0 Å². The maximum absolute atomic E-state index is 11.6. The molecule has 0 bridgehead atoms. The summed E-state index contributed by atoms with van der Waals surface area (Å²) in [6.45, 7) is 0.766. The largest absolute Gasteiger partial charge is 0.481 e. The van der Waals surface area contributed by atoms with Gasteiger partial charge in [-0.15, -0.1) is 0 Å². The zero-order valence-electron chi connectivity index (χ0n) is 14.3. The topological polar surface area (TPSA) is 142 Å². The number of hydrogen-bond donors (Lipinski definition) is 5. The number of aliphatic hydroxyl groups is 1. The molecular weight excluding hydrogens is 314 g/mol. The van der Waals surface area contributed by atoms with Gasteiger partial charge in [-0.3, -0.25) is 14.4 Å². The third-order valence-corrected chi connectivity index (χ3v) is 3.47. The minimum absolute atomic E-state index is 0.0156. The van der Waals surface area contributed by atoms with Crippen LogP contribution in [0.15, 0.2) is 0 Å². The Kier molecular flexibility index (Phi) is 13.9. The van der Waals surface area contributed by atoms with Gasteiger partial charge in [-0.25, -0.2) is 0 Å². The van der Waals surface area contributed by atoms with Gasteiger partial charge >= 0.3 is 5.97 Å². The number of aliphatic carboxylic acids is 1. The Hall–Kier alpha value is -1.67. The van der Waals surface area contributed by atoms with Crippen LogP contribution < -0.4 is 16.4 Å². The van der Waals surface area contributed by atoms with Crippen molar-refractivity contribution in [2.45, 2.75) is 63.9 Å². The molecular formula is C16H31N3O5. The molecule has 2 amide bonds. The van der Waals surface area contributed by atoms with Crippen LogP contribution in [0.5, 0.6) is 0 Å². The lowest BCUT2D eigenvalue weighted by atomic mass is 10.1. The van der Waals surface area contributed by atoms with Crippen molar-refractivity contribution in [1.29, 1.82) is 0 Å². The summed E-state index contributed by atoms with van der Waals surface area (Å²) >= 11 is 0. The molecule has 8 nitrogen and oxygen atoms in total. The molecule has 0 heterocycles. The molecule has 0 aliphatic carbocycles. The second-order valence-corrected chi connectivity index (χ2v) is 5.82. The molecule has 0 aliphatic rings. The number of carbonyl (C=O) groups is 3. The Morgan fingerprint density at radius 2 is 1.50 bits per heavy atom. The number of nitrogens with two attached hydrogens (primary N) is 1. The molecule has 0 unspecified atom stereocenters. The van der Waals surface area contributed by atoms with E-state index in [-0.39, 0.29) is 31.8 Å². The molecule has 1 atom stereocenters. The average molecular weight is 345 g/mol. The van der Waals surface area contributed by atoms with E-state index >= 15 is 0 Å². The number of unbranched alkanes of at least 4 members (excludes halogenated alkanes) is 5. The second kappa shape index (κ2) is 14.9. The smallest absolute Gasteiger partial charge is 0.305 e. The summed E-state index contributed by atoms with van der Waals surface area (Å²) in [5.41, 5.74) is 5.41. The monoisotopic (exact) mass is 345 g/mol. The Bertz CT molecular complexity index is 377. The molecule has 0 aromatic rings. The highest BCUT2D eigenvalue weighted by molar-refractivity contribution is 5.78. The number of hydrogen-bond acceptors (Lipinski definition) is 5. The Morgan fingerprint density at radius 3 is 2.12 bits per heavy atom. The standard InChI is InChI=1S/C16H31N3O5/c17-9-6-4-2-1-3-5-7-14(21)19-12-13(20)11-15(22)18-10-8-16(23)24/h13,20H,1-12,17H2,(H,18,22)(H,19,21)(H,23,24)/t13-/m0/s1. The predicted octanol–water partition coefficient (Wildman–Crippen LogP) is 0.134. The summed E-state index contributed by atoms with van der Waals surface area (Å²) < 4.78 is 0. The van der Waals surface area contributed by atoms with Crippen LogP contribution in [-0.2, 0) is 14.4 Å². The van der Waals surface area contributed by atoms with Gasteiger partial charge < -0.3 is 26.6 Å². The van der Waals surface area contributed by atoms with Gasteiger partial charge in [-0.2, -0.15) is 0 Å². The minimum Gasteiger partial charge on any atom is -0.481 e. The molecule has 0 saturated heterocycles. The van der Waals surface area contributed by atoms with E-state index in [9.17, 15) is 19.5 Å². The molecule has 140 valence electrons. The molecule has 0 rings (SSSR count). The number of carbonyl (C=O) groups excluding carboxylic acids is 2. The first-order valence-corrected chi connectivity index (χ1v) is 8.59. The summed E-state index contributed by atoms with van der Waals surface area (Å²) in [7, 11) is 0. The summed E-state index contributed by atoms with van der Waals surface area (Å²) in [5, 5.41) is 23.1. The number of carboxylic acids is 1. The Labute approximate surface area is 143 Å². The molecule has 8 heteroatoms. The van der Waals surface area contributed by atoms with Gasteiger partial charge in [0.1, 0.15) is 0 Å². The van der Waals surface area contributed by atoms with Crippen LogP contribution in [0.25, 0.3) is 0 Å². The molecule has 0 aromatic carbocycles. The van der Waals surface area contributed by atoms with E-state index in [0.29, 0.717) is 6.42 Å². The number of aliphatic hydroxyl groups excluding tert-OH is 1. The van der Waals surface area contributed by atoms with Gasteiger partial charge in [-0.1, -0.05) is 25.7 Å². The first kappa shape index (κ1) is 22.3. The molecule has 0 fully saturated rings. The first-order chi connectivity index (χ1) is 11.5. The number of rotatable bonds is 15. The van der Waals surface area contributed by atoms with Crippen molar-refractivity contribution in [3.05, 3.63) is 0 Å². The van der Waals surface area contributed by atoms with Gasteiger partial charge in [-0.05, 0) is 19.4 Å². The summed E-state index contributed by atoms with van der Waals surface area (Å²) in [6, 6.07) is 0. The summed E-state index contributed by atoms with van der Waals surface area (Å²) in [4.78, 5) is 33.3. The van der Waals surface area contributed by atoms with Crippen molar-refractivity contribution in [3.8, 4) is 0 Å². The van der Waals surface area contributed by atoms with Crippen molar-refractivity contribution >= 4 is 17.8 Å². The zero-order chi connectivity index (χ0) is 18.2. The normalized spacial score (nSPS) is 11.8. The van der Waals surface area contributed by atoms with Crippen molar-refractivity contribution in [3.63, 3.8) is 0 Å². The van der Waals surface area contributed by atoms with Gasteiger partial charge in [0, 0.05) is 19.5 Å². The summed E-state index contributed by atoms with van der Waals surface area (Å²) in [5.74, 6) is -1.57. The van der Waals surface area contributed by atoms with E-state index < -0.39 is 18.0 Å². The third kappa shape index (κ3) is 15.2. The van der Waals surface area contributed by atoms with Crippen molar-refractivity contribution < 1.29 is 24.6 Å². The van der Waals surface area contributed by atoms with Crippen LogP contribution in [0.2, 0.25) is 0 Å². The van der Waals surface area contributed by atoms with E-state index in [1.807, 2.05) is 0 Å². The van der Waals surface area contributed by atoms with Crippen molar-refractivity contribution in [2.75, 3.05) is 19.6 Å². The van der Waals surface area contributed by atoms with Crippen LogP contribution >= 0.6 is 0 Å². The molecule has 0 aromatic heterocycles. The fourth-order valence-electron chi connectivity index (χ4n) is 2.12. The molecule has 0 spiro atoms. The quantitative estimate of drug-likeness (QED) is 0.267. The van der Waals surface area contributed by atoms with E-state index in [0.717, 1.165) is 45.1 Å². The van der Waals surface area contributed by atoms with Crippen molar-refractivity contribution in [1.82, 2.24) is 10.6 Å². The fraction of sp³-hybridized carbons (Fsp3) is 0.812. The first-order valence-electron chi connectivity index (χ1n) is 8.59. The summed E-state index contributed by atoms with van der Waals surface area (Å²) in [6.07, 6.45) is 5.30. The van der Waals surface area contributed by atoms with Gasteiger partial charge in [0.15, 0.2) is 0 Å². The van der Waals surface area contributed by atoms with E-state index in [4.69, 9.17) is 10.8 Å². The highest BCUT2D eigenvalue weighted by Gasteiger charge is 2.12. The molecule has 24 heavy (non-hydrogen) atoms. The highest BCUT2D eigenvalue weighted by Crippen LogP contribution is 2.06. The Morgan fingerprint density at radius 1 is 0.875 bits per heavy atom. The minimum atomic E-state index is -0.998. The van der Waals surface area contributed by atoms with Crippen LogP contribution in [0.1, 0.15) is 57.8 Å². The molecule has 0 radical (unpaired) electrons. The third-order valence-electron chi connectivity index (χ3n) is 3.47. The van der Waals surface area contributed by atoms with E-state index in [1.165, 1.54) is 0 Å². The molecule has 0 saturated carbocycles. The lowest BCUT2D eigenvalue weighted by molar-refractivity contribution is -0.137. The Balaban J connectivity index is 3.56. The lowest BCUT2D eigenvalue weighted by Gasteiger charge is -2.12. The van der Waals surface area contributed by atoms with Crippen LogP contribution in [0.4, 0.5) is 0 Å². The van der Waals surface area contributed by atoms with E-state index in [1.54, 1.807) is 0 Å². The number of carboxylic acid groups (broad SMARTS) is 1. The SMILES string of the molecule is NCCCCCCCCC(=O)NC[C@@H](O)CC(=O)NCCC(=O)O. The fourth-order valence-corrected chi connectivity index (χ4v) is 2.12. The van der Waals surface area contributed by atoms with Crippen LogP contribution in [0.3, 0.4) is 0 Å². The predicted molar refractivity (Wildman–Crippen MR) is 90.3 cm³/mol. The van der Waals surface area contributed by atoms with Gasteiger partial charge in [0.05, 0.1) is 18.9 Å². The lowest BCUT2D eigenvalue weighted by Crippen LogP contribution is -2.36. The van der Waals surface area contributed by atoms with E-state index in [2.05, 4.69) is 10.6 Å². The zero-order valence-corrected chi connectivity index (χ0v) is 14.3. The second-order valence-electron chi connectivity index (χ2n) is 5.82. The number of amides is 2. The maximum Gasteiger partial charge on any atom is 0.305 e. The highest BCUT2D eigenvalue weighted by atomic mass is 16.4.